The van der Waals surface area contributed by atoms with Crippen molar-refractivity contribution in [3.63, 3.8) is 0 Å². The molecule has 0 saturated heterocycles. The first kappa shape index (κ1) is 21.7. The summed E-state index contributed by atoms with van der Waals surface area (Å²) in [4.78, 5) is 32.3. The molecule has 0 bridgehead atoms. The average Bonchev–Trinajstić information content (AvgIpc) is 2.43. The molecule has 0 unspecified atom stereocenters. The molecule has 0 saturated carbocycles. The number of esters is 1. The Morgan fingerprint density at radius 1 is 0.741 bits per heavy atom. The number of carboxylic acids is 2. The number of rotatable bonds is 3. The lowest BCUT2D eigenvalue weighted by atomic mass is 10.0. The van der Waals surface area contributed by atoms with Gasteiger partial charge in [-0.1, -0.05) is 0 Å². The first-order valence-corrected chi connectivity index (χ1v) is 8.00. The maximum absolute atomic E-state index is 10.9. The Balaban J connectivity index is 0.000000277. The van der Waals surface area contributed by atoms with Gasteiger partial charge < -0.3 is 20.1 Å². The van der Waals surface area contributed by atoms with Crippen molar-refractivity contribution in [3.05, 3.63) is 57.6 Å². The number of carbonyl (C=O) groups is 3. The number of hydrogen-bond donors (Lipinski definition) is 3. The minimum absolute atomic E-state index is 0.106. The van der Waals surface area contributed by atoms with Gasteiger partial charge in [-0.25, -0.2) is 9.59 Å². The predicted octanol–water partition coefficient (Wildman–Crippen LogP) is 3.63. The molecule has 0 aliphatic rings. The molecule has 2 aromatic carbocycles. The van der Waals surface area contributed by atoms with Crippen LogP contribution in [-0.2, 0) is 4.79 Å². The maximum Gasteiger partial charge on any atom is 0.336 e. The van der Waals surface area contributed by atoms with Crippen molar-refractivity contribution < 1.29 is 34.4 Å². The number of aromatic hydroxyl groups is 1. The number of benzene rings is 2. The Bertz CT molecular complexity index is 851. The quantitative estimate of drug-likeness (QED) is 0.554. The molecule has 0 aromatic heterocycles. The molecule has 0 spiro atoms. The van der Waals surface area contributed by atoms with Gasteiger partial charge in [0.15, 0.2) is 0 Å². The minimum Gasteiger partial charge on any atom is -0.508 e. The lowest BCUT2D eigenvalue weighted by Gasteiger charge is -2.08. The van der Waals surface area contributed by atoms with Gasteiger partial charge >= 0.3 is 17.9 Å². The standard InChI is InChI=1S/C11H12O4.C9H10O3/c1-6-4-9(15-8(3)12)5-7(2)10(6)11(13)14;1-5-3-7(10)4-6(2)8(5)9(11)12/h4-5H,1-3H3,(H,13,14);3-4,10H,1-2H3,(H,11,12). The Morgan fingerprint density at radius 2 is 1.07 bits per heavy atom. The van der Waals surface area contributed by atoms with E-state index in [1.165, 1.54) is 31.2 Å². The van der Waals surface area contributed by atoms with Gasteiger partial charge in [-0.15, -0.1) is 0 Å². The highest BCUT2D eigenvalue weighted by Crippen LogP contribution is 2.22. The van der Waals surface area contributed by atoms with E-state index in [0.717, 1.165) is 0 Å². The summed E-state index contributed by atoms with van der Waals surface area (Å²) >= 11 is 0. The van der Waals surface area contributed by atoms with Gasteiger partial charge in [0, 0.05) is 6.92 Å². The van der Waals surface area contributed by atoms with Crippen LogP contribution >= 0.6 is 0 Å². The summed E-state index contributed by atoms with van der Waals surface area (Å²) in [5.41, 5.74) is 2.86. The number of phenols is 1. The van der Waals surface area contributed by atoms with Crippen LogP contribution in [0.3, 0.4) is 0 Å². The van der Waals surface area contributed by atoms with Gasteiger partial charge in [0.05, 0.1) is 11.1 Å². The molecule has 0 aliphatic carbocycles. The molecule has 0 amide bonds. The number of aryl methyl sites for hydroxylation is 4. The van der Waals surface area contributed by atoms with Crippen molar-refractivity contribution in [2.75, 3.05) is 0 Å². The number of carbonyl (C=O) groups excluding carboxylic acids is 1. The van der Waals surface area contributed by atoms with Crippen LogP contribution < -0.4 is 4.74 Å². The summed E-state index contributed by atoms with van der Waals surface area (Å²) < 4.78 is 4.88. The van der Waals surface area contributed by atoms with Crippen LogP contribution in [0.2, 0.25) is 0 Å². The van der Waals surface area contributed by atoms with Crippen molar-refractivity contribution in [2.45, 2.75) is 34.6 Å². The van der Waals surface area contributed by atoms with Gasteiger partial charge in [0.1, 0.15) is 11.5 Å². The fourth-order valence-electron chi connectivity index (χ4n) is 2.76. The molecular weight excluding hydrogens is 352 g/mol. The first-order valence-electron chi connectivity index (χ1n) is 8.00. The van der Waals surface area contributed by atoms with E-state index in [0.29, 0.717) is 28.0 Å². The molecule has 7 nitrogen and oxygen atoms in total. The van der Waals surface area contributed by atoms with Crippen LogP contribution in [0.1, 0.15) is 49.9 Å². The molecular formula is C20H22O7. The number of aromatic carboxylic acids is 2. The number of ether oxygens (including phenoxy) is 1. The summed E-state index contributed by atoms with van der Waals surface area (Å²) in [6.07, 6.45) is 0. The fraction of sp³-hybridized carbons (Fsp3) is 0.250. The van der Waals surface area contributed by atoms with Crippen LogP contribution in [0.4, 0.5) is 0 Å². The highest BCUT2D eigenvalue weighted by atomic mass is 16.5. The second-order valence-electron chi connectivity index (χ2n) is 6.09. The van der Waals surface area contributed by atoms with Crippen LogP contribution in [0.25, 0.3) is 0 Å². The van der Waals surface area contributed by atoms with E-state index in [-0.39, 0.29) is 16.9 Å². The van der Waals surface area contributed by atoms with Crippen LogP contribution in [0.5, 0.6) is 11.5 Å². The molecule has 2 rings (SSSR count). The number of carboxylic acid groups (broad SMARTS) is 2. The monoisotopic (exact) mass is 374 g/mol. The van der Waals surface area contributed by atoms with Crippen molar-refractivity contribution >= 4 is 17.9 Å². The van der Waals surface area contributed by atoms with E-state index in [1.807, 2.05) is 0 Å². The van der Waals surface area contributed by atoms with Gasteiger partial charge in [0.2, 0.25) is 0 Å². The van der Waals surface area contributed by atoms with Gasteiger partial charge in [-0.05, 0) is 74.2 Å². The van der Waals surface area contributed by atoms with Crippen molar-refractivity contribution in [3.8, 4) is 11.5 Å². The molecule has 0 fully saturated rings. The summed E-state index contributed by atoms with van der Waals surface area (Å²) in [5.74, 6) is -1.86. The Kier molecular flexibility index (Phi) is 7.10. The molecule has 2 aromatic rings. The second-order valence-corrected chi connectivity index (χ2v) is 6.09. The predicted molar refractivity (Wildman–Crippen MR) is 98.7 cm³/mol. The lowest BCUT2D eigenvalue weighted by Crippen LogP contribution is -2.06. The zero-order valence-corrected chi connectivity index (χ0v) is 15.8. The van der Waals surface area contributed by atoms with E-state index in [9.17, 15) is 14.4 Å². The molecule has 3 N–H and O–H groups in total. The molecule has 7 heteroatoms. The third kappa shape index (κ3) is 5.85. The van der Waals surface area contributed by atoms with E-state index >= 15 is 0 Å². The zero-order valence-electron chi connectivity index (χ0n) is 15.8. The number of phenolic OH excluding ortho intramolecular Hbond substituents is 1. The van der Waals surface area contributed by atoms with Gasteiger partial charge in [-0.2, -0.15) is 0 Å². The lowest BCUT2D eigenvalue weighted by molar-refractivity contribution is -0.131. The Morgan fingerprint density at radius 3 is 1.37 bits per heavy atom. The largest absolute Gasteiger partial charge is 0.508 e. The molecule has 0 aliphatic heterocycles. The van der Waals surface area contributed by atoms with Gasteiger partial charge in [-0.3, -0.25) is 4.79 Å². The number of hydrogen-bond acceptors (Lipinski definition) is 5. The summed E-state index contributed by atoms with van der Waals surface area (Å²) in [6, 6.07) is 5.96. The fourth-order valence-corrected chi connectivity index (χ4v) is 2.76. The molecule has 0 atom stereocenters. The third-order valence-corrected chi connectivity index (χ3v) is 3.71. The summed E-state index contributed by atoms with van der Waals surface area (Å²) in [7, 11) is 0. The van der Waals surface area contributed by atoms with E-state index < -0.39 is 17.9 Å². The highest BCUT2D eigenvalue weighted by Gasteiger charge is 2.13. The van der Waals surface area contributed by atoms with Crippen LogP contribution in [-0.4, -0.2) is 33.2 Å². The maximum atomic E-state index is 10.9. The summed E-state index contributed by atoms with van der Waals surface area (Å²) in [6.45, 7) is 7.97. The highest BCUT2D eigenvalue weighted by molar-refractivity contribution is 5.92. The van der Waals surface area contributed by atoms with E-state index in [2.05, 4.69) is 0 Å². The van der Waals surface area contributed by atoms with Crippen molar-refractivity contribution in [1.29, 1.82) is 0 Å². The van der Waals surface area contributed by atoms with E-state index in [1.54, 1.807) is 27.7 Å². The normalized spacial score (nSPS) is 9.81. The molecule has 144 valence electrons. The Labute approximate surface area is 156 Å². The summed E-state index contributed by atoms with van der Waals surface area (Å²) in [5, 5.41) is 26.8. The van der Waals surface area contributed by atoms with Gasteiger partial charge in [0.25, 0.3) is 0 Å². The second kappa shape index (κ2) is 8.84. The third-order valence-electron chi connectivity index (χ3n) is 3.71. The Hall–Kier alpha value is -3.35. The smallest absolute Gasteiger partial charge is 0.336 e. The average molecular weight is 374 g/mol. The molecule has 0 radical (unpaired) electrons. The zero-order chi connectivity index (χ0) is 20.9. The van der Waals surface area contributed by atoms with Crippen LogP contribution in [0.15, 0.2) is 24.3 Å². The topological polar surface area (TPSA) is 121 Å². The van der Waals surface area contributed by atoms with Crippen molar-refractivity contribution in [1.82, 2.24) is 0 Å². The van der Waals surface area contributed by atoms with Crippen LogP contribution in [0, 0.1) is 27.7 Å². The SMILES string of the molecule is CC(=O)Oc1cc(C)c(C(=O)O)c(C)c1.Cc1cc(O)cc(C)c1C(=O)O. The van der Waals surface area contributed by atoms with Crippen molar-refractivity contribution in [2.24, 2.45) is 0 Å². The molecule has 27 heavy (non-hydrogen) atoms. The minimum atomic E-state index is -0.973. The van der Waals surface area contributed by atoms with E-state index in [4.69, 9.17) is 20.1 Å². The molecule has 0 heterocycles. The first-order chi connectivity index (χ1) is 12.4.